The van der Waals surface area contributed by atoms with E-state index in [0.717, 1.165) is 59.3 Å². The number of carboxylic acid groups (broad SMARTS) is 1. The Kier molecular flexibility index (Phi) is 10.4. The molecule has 2 fully saturated rings. The van der Waals surface area contributed by atoms with Crippen molar-refractivity contribution in [3.63, 3.8) is 0 Å². The third-order valence-corrected chi connectivity index (χ3v) is 10.6. The minimum Gasteiger partial charge on any atom is -0.481 e. The van der Waals surface area contributed by atoms with Gasteiger partial charge in [-0.05, 0) is 70.2 Å². The van der Waals surface area contributed by atoms with Crippen molar-refractivity contribution in [1.29, 1.82) is 0 Å². The van der Waals surface area contributed by atoms with Crippen molar-refractivity contribution < 1.29 is 28.7 Å². The van der Waals surface area contributed by atoms with Crippen LogP contribution in [0.15, 0.2) is 65.1 Å². The predicted octanol–water partition coefficient (Wildman–Crippen LogP) is 7.78. The Hall–Kier alpha value is -4.92. The van der Waals surface area contributed by atoms with Crippen LogP contribution >= 0.6 is 0 Å². The van der Waals surface area contributed by atoms with E-state index in [0.29, 0.717) is 54.6 Å². The van der Waals surface area contributed by atoms with Gasteiger partial charge in [0.1, 0.15) is 11.3 Å². The number of carbonyl (C=O) groups excluding carboxylic acids is 3. The summed E-state index contributed by atoms with van der Waals surface area (Å²) in [5, 5.41) is 16.4. The minimum atomic E-state index is -0.875. The first-order chi connectivity index (χ1) is 24.1. The molecule has 0 radical (unpaired) electrons. The van der Waals surface area contributed by atoms with Crippen LogP contribution in [0.3, 0.4) is 0 Å². The lowest BCUT2D eigenvalue weighted by Gasteiger charge is -2.25. The molecular formula is C41H47N3O6. The van der Waals surface area contributed by atoms with Gasteiger partial charge in [0.15, 0.2) is 5.78 Å². The van der Waals surface area contributed by atoms with Gasteiger partial charge in [0, 0.05) is 65.4 Å². The average molecular weight is 678 g/mol. The fourth-order valence-corrected chi connectivity index (χ4v) is 7.80. The number of carboxylic acids is 1. The third-order valence-electron chi connectivity index (χ3n) is 10.6. The van der Waals surface area contributed by atoms with E-state index in [1.165, 1.54) is 0 Å². The molecular weight excluding hydrogens is 630 g/mol. The third kappa shape index (κ3) is 6.91. The van der Waals surface area contributed by atoms with Crippen molar-refractivity contribution in [1.82, 2.24) is 10.6 Å². The molecule has 9 nitrogen and oxygen atoms in total. The maximum Gasteiger partial charge on any atom is 0.308 e. The van der Waals surface area contributed by atoms with Crippen LogP contribution in [0.5, 0.6) is 0 Å². The first-order valence-electron chi connectivity index (χ1n) is 18.0. The Morgan fingerprint density at radius 1 is 0.820 bits per heavy atom. The number of anilines is 1. The zero-order valence-electron chi connectivity index (χ0n) is 29.4. The molecule has 2 aliphatic rings. The minimum absolute atomic E-state index is 0.00411. The van der Waals surface area contributed by atoms with Gasteiger partial charge >= 0.3 is 5.97 Å². The molecule has 2 amide bonds. The van der Waals surface area contributed by atoms with Gasteiger partial charge in [-0.1, -0.05) is 61.7 Å². The molecule has 50 heavy (non-hydrogen) atoms. The number of furan rings is 1. The number of rotatable bonds is 12. The fraction of sp³-hybridized carbons (Fsp3) is 0.415. The summed E-state index contributed by atoms with van der Waals surface area (Å²) >= 11 is 0. The molecule has 262 valence electrons. The van der Waals surface area contributed by atoms with Crippen LogP contribution in [0, 0.1) is 18.8 Å². The summed E-state index contributed by atoms with van der Waals surface area (Å²) < 4.78 is 6.47. The van der Waals surface area contributed by atoms with Crippen molar-refractivity contribution in [2.75, 3.05) is 18.0 Å². The maximum absolute atomic E-state index is 13.8. The van der Waals surface area contributed by atoms with Gasteiger partial charge in [0.05, 0.1) is 17.4 Å². The highest BCUT2D eigenvalue weighted by Crippen LogP contribution is 2.42. The molecule has 9 heteroatoms. The Bertz CT molecular complexity index is 1910. The molecule has 0 aliphatic heterocycles. The summed E-state index contributed by atoms with van der Waals surface area (Å²) in [5.41, 5.74) is 6.29. The van der Waals surface area contributed by atoms with Crippen LogP contribution in [0.4, 0.5) is 5.69 Å². The zero-order valence-corrected chi connectivity index (χ0v) is 29.4. The van der Waals surface area contributed by atoms with Gasteiger partial charge in [-0.15, -0.1) is 0 Å². The summed E-state index contributed by atoms with van der Waals surface area (Å²) in [6.07, 6.45) is 4.45. The van der Waals surface area contributed by atoms with Crippen LogP contribution in [-0.2, 0) is 9.59 Å². The molecule has 0 spiro atoms. The molecule has 0 unspecified atom stereocenters. The van der Waals surface area contributed by atoms with Gasteiger partial charge in [-0.25, -0.2) is 0 Å². The molecule has 2 aliphatic carbocycles. The summed E-state index contributed by atoms with van der Waals surface area (Å²) in [7, 11) is 0. The highest BCUT2D eigenvalue weighted by molar-refractivity contribution is 6.13. The number of nitrogens with zero attached hydrogens (tertiary/aromatic N) is 1. The lowest BCUT2D eigenvalue weighted by Crippen LogP contribution is -2.48. The summed E-state index contributed by atoms with van der Waals surface area (Å²) in [5.74, 6) is -1.74. The molecule has 6 rings (SSSR count). The van der Waals surface area contributed by atoms with Gasteiger partial charge in [-0.2, -0.15) is 0 Å². The molecule has 4 atom stereocenters. The van der Waals surface area contributed by atoms with Crippen LogP contribution in [0.1, 0.15) is 92.0 Å². The quantitative estimate of drug-likeness (QED) is 0.131. The Balaban J connectivity index is 1.32. The number of Topliss-reactive ketones (excluding diaryl/α,β-unsaturated/α-hetero) is 1. The van der Waals surface area contributed by atoms with Crippen LogP contribution in [0.25, 0.3) is 33.4 Å². The van der Waals surface area contributed by atoms with E-state index < -0.39 is 17.8 Å². The number of fused-ring (bicyclic) bond motifs is 1. The number of nitrogens with one attached hydrogen (secondary N) is 2. The van der Waals surface area contributed by atoms with E-state index in [2.05, 4.69) is 29.4 Å². The number of benzene rings is 3. The summed E-state index contributed by atoms with van der Waals surface area (Å²) in [6, 6.07) is 18.8. The van der Waals surface area contributed by atoms with Crippen molar-refractivity contribution in [2.45, 2.75) is 84.7 Å². The smallest absolute Gasteiger partial charge is 0.308 e. The number of amides is 2. The monoisotopic (exact) mass is 677 g/mol. The predicted molar refractivity (Wildman–Crippen MR) is 196 cm³/mol. The number of aryl methyl sites for hydroxylation is 1. The first-order valence-corrected chi connectivity index (χ1v) is 18.0. The molecule has 4 aromatic rings. The highest BCUT2D eigenvalue weighted by atomic mass is 16.4. The van der Waals surface area contributed by atoms with E-state index in [1.54, 1.807) is 6.07 Å². The second-order valence-corrected chi connectivity index (χ2v) is 13.7. The van der Waals surface area contributed by atoms with Crippen LogP contribution in [-0.4, -0.2) is 53.8 Å². The van der Waals surface area contributed by atoms with Gasteiger partial charge < -0.3 is 25.1 Å². The average Bonchev–Trinajstić information content (AvgIpc) is 3.87. The van der Waals surface area contributed by atoms with E-state index in [1.807, 2.05) is 68.4 Å². The SMILES string of the molecule is CCC(=O)c1c(-c2ccc(C)cc2)oc2cc(N(CC)CC)c(-c3cccc(C(=O)N[C@H]4CCC[C@H]4C(=O)N[C@H]4CCC[C@H]4C(=O)O)c3)cc12. The van der Waals surface area contributed by atoms with E-state index in [4.69, 9.17) is 4.42 Å². The lowest BCUT2D eigenvalue weighted by molar-refractivity contribution is -0.142. The van der Waals surface area contributed by atoms with Gasteiger partial charge in [-0.3, -0.25) is 19.2 Å². The first kappa shape index (κ1) is 34.9. The molecule has 3 N–H and O–H groups in total. The lowest BCUT2D eigenvalue weighted by atomic mass is 9.95. The van der Waals surface area contributed by atoms with Crippen molar-refractivity contribution >= 4 is 40.2 Å². The molecule has 1 aromatic heterocycles. The summed E-state index contributed by atoms with van der Waals surface area (Å²) in [6.45, 7) is 9.57. The number of carbonyl (C=O) groups is 4. The van der Waals surface area contributed by atoms with Crippen LogP contribution in [0.2, 0.25) is 0 Å². The van der Waals surface area contributed by atoms with Crippen molar-refractivity contribution in [3.05, 3.63) is 77.4 Å². The second-order valence-electron chi connectivity index (χ2n) is 13.7. The molecule has 1 heterocycles. The largest absolute Gasteiger partial charge is 0.481 e. The van der Waals surface area contributed by atoms with E-state index in [9.17, 15) is 24.3 Å². The molecule has 0 saturated heterocycles. The zero-order chi connectivity index (χ0) is 35.5. The fourth-order valence-electron chi connectivity index (χ4n) is 7.80. The number of ketones is 1. The van der Waals surface area contributed by atoms with Crippen molar-refractivity contribution in [2.24, 2.45) is 11.8 Å². The standard InChI is InChI=1S/C41H47N3O6/c1-5-35(45)37-31-22-30(34(44(6-2)7-3)23-36(31)50-38(37)25-19-17-24(4)18-20-25)26-11-8-12-27(21-26)39(46)42-32-15-9-13-28(32)40(47)43-33-16-10-14-29(33)41(48)49/h8,11-12,17-23,28-29,32-33H,5-7,9-10,13-16H2,1-4H3,(H,42,46)(H,43,47)(H,48,49)/t28-,29-,32+,33+/m1/s1. The number of hydrogen-bond donors (Lipinski definition) is 3. The molecule has 3 aromatic carbocycles. The summed E-state index contributed by atoms with van der Waals surface area (Å²) in [4.78, 5) is 54.5. The Labute approximate surface area is 293 Å². The second kappa shape index (κ2) is 14.9. The van der Waals surface area contributed by atoms with Crippen LogP contribution < -0.4 is 15.5 Å². The maximum atomic E-state index is 13.8. The number of aliphatic carboxylic acids is 1. The van der Waals surface area contributed by atoms with E-state index in [-0.39, 0.29) is 29.7 Å². The van der Waals surface area contributed by atoms with Gasteiger partial charge in [0.2, 0.25) is 5.91 Å². The topological polar surface area (TPSA) is 129 Å². The Morgan fingerprint density at radius 3 is 2.16 bits per heavy atom. The Morgan fingerprint density at radius 2 is 1.50 bits per heavy atom. The normalized spacial score (nSPS) is 20.2. The van der Waals surface area contributed by atoms with E-state index >= 15 is 0 Å². The van der Waals surface area contributed by atoms with Crippen molar-refractivity contribution in [3.8, 4) is 22.5 Å². The van der Waals surface area contributed by atoms with Gasteiger partial charge in [0.25, 0.3) is 5.91 Å². The molecule has 2 saturated carbocycles. The highest BCUT2D eigenvalue weighted by Gasteiger charge is 2.39. The number of hydrogen-bond acceptors (Lipinski definition) is 6. The molecule has 0 bridgehead atoms.